The van der Waals surface area contributed by atoms with E-state index >= 15 is 0 Å². The fraction of sp³-hybridized carbons (Fsp3) is 0.435. The summed E-state index contributed by atoms with van der Waals surface area (Å²) in [6, 6.07) is 9.30. The van der Waals surface area contributed by atoms with Crippen molar-refractivity contribution in [2.45, 2.75) is 58.2 Å². The van der Waals surface area contributed by atoms with Crippen molar-refractivity contribution in [1.29, 1.82) is 0 Å². The zero-order valence-corrected chi connectivity index (χ0v) is 18.5. The van der Waals surface area contributed by atoms with Gasteiger partial charge in [-0.3, -0.25) is 14.3 Å². The predicted octanol–water partition coefficient (Wildman–Crippen LogP) is 2.77. The van der Waals surface area contributed by atoms with Gasteiger partial charge in [0.1, 0.15) is 0 Å². The zero-order valence-electron chi connectivity index (χ0n) is 18.5. The smallest absolute Gasteiger partial charge is 0.254 e. The van der Waals surface area contributed by atoms with E-state index in [1.54, 1.807) is 17.1 Å². The van der Waals surface area contributed by atoms with Crippen molar-refractivity contribution in [3.8, 4) is 11.4 Å². The molecule has 4 rings (SSSR count). The van der Waals surface area contributed by atoms with Gasteiger partial charge >= 0.3 is 0 Å². The average molecular weight is 437 g/mol. The highest BCUT2D eigenvalue weighted by molar-refractivity contribution is 5.94. The van der Waals surface area contributed by atoms with Crippen molar-refractivity contribution in [2.75, 3.05) is 0 Å². The fourth-order valence-electron chi connectivity index (χ4n) is 4.08. The quantitative estimate of drug-likeness (QED) is 0.589. The van der Waals surface area contributed by atoms with E-state index in [0.29, 0.717) is 36.7 Å². The zero-order chi connectivity index (χ0) is 22.7. The molecule has 1 fully saturated rings. The Morgan fingerprint density at radius 2 is 2.00 bits per heavy atom. The van der Waals surface area contributed by atoms with Gasteiger partial charge in [0.2, 0.25) is 17.6 Å². The van der Waals surface area contributed by atoms with Crippen LogP contribution in [0.15, 0.2) is 47.2 Å². The third-order valence-electron chi connectivity index (χ3n) is 5.69. The van der Waals surface area contributed by atoms with Crippen LogP contribution in [0.2, 0.25) is 0 Å². The summed E-state index contributed by atoms with van der Waals surface area (Å²) in [6.07, 6.45) is 4.28. The molecular formula is C23H28N6O3. The number of rotatable bonds is 7. The summed E-state index contributed by atoms with van der Waals surface area (Å²) in [5.74, 6) is 0.158. The first kappa shape index (κ1) is 21.7. The number of aryl methyl sites for hydroxylation is 1. The molecule has 2 heterocycles. The third-order valence-corrected chi connectivity index (χ3v) is 5.69. The van der Waals surface area contributed by atoms with Crippen LogP contribution in [-0.4, -0.2) is 43.8 Å². The lowest BCUT2D eigenvalue weighted by Crippen LogP contribution is -2.38. The largest absolute Gasteiger partial charge is 0.354 e. The van der Waals surface area contributed by atoms with Crippen LogP contribution < -0.4 is 10.6 Å². The Labute approximate surface area is 186 Å². The van der Waals surface area contributed by atoms with Crippen molar-refractivity contribution < 1.29 is 14.1 Å². The van der Waals surface area contributed by atoms with Gasteiger partial charge in [0, 0.05) is 36.3 Å². The van der Waals surface area contributed by atoms with Crippen LogP contribution in [0, 0.1) is 5.92 Å². The Balaban J connectivity index is 1.56. The standard InChI is InChI=1S/C23H28N6O3/c1-4-29-13-17(12-24-29)22(31)26-19-11-16(21(30)25-14(2)3)10-18(19)23-27-20(28-32-23)15-8-6-5-7-9-15/h5-9,12-14,16,18-19H,4,10-11H2,1-3H3,(H,25,30)(H,26,31)/t16-,18-,19+/m1/s1. The van der Waals surface area contributed by atoms with Crippen molar-refractivity contribution in [3.63, 3.8) is 0 Å². The fourth-order valence-corrected chi connectivity index (χ4v) is 4.08. The maximum Gasteiger partial charge on any atom is 0.254 e. The Bertz CT molecular complexity index is 1070. The van der Waals surface area contributed by atoms with E-state index in [1.807, 2.05) is 51.1 Å². The minimum atomic E-state index is -0.306. The summed E-state index contributed by atoms with van der Waals surface area (Å²) >= 11 is 0. The molecule has 32 heavy (non-hydrogen) atoms. The number of amides is 2. The van der Waals surface area contributed by atoms with Gasteiger partial charge in [-0.05, 0) is 33.6 Å². The first-order chi connectivity index (χ1) is 15.4. The molecule has 168 valence electrons. The number of hydrogen-bond acceptors (Lipinski definition) is 6. The molecule has 0 saturated heterocycles. The molecule has 0 unspecified atom stereocenters. The summed E-state index contributed by atoms with van der Waals surface area (Å²) in [5, 5.41) is 14.3. The topological polar surface area (TPSA) is 115 Å². The minimum absolute atomic E-state index is 0.0247. The molecule has 9 heteroatoms. The highest BCUT2D eigenvalue weighted by Gasteiger charge is 2.42. The molecule has 1 aliphatic carbocycles. The first-order valence-corrected chi connectivity index (χ1v) is 11.0. The second-order valence-electron chi connectivity index (χ2n) is 8.43. The maximum atomic E-state index is 12.9. The summed E-state index contributed by atoms with van der Waals surface area (Å²) in [6.45, 7) is 6.50. The lowest BCUT2D eigenvalue weighted by molar-refractivity contribution is -0.125. The predicted molar refractivity (Wildman–Crippen MR) is 118 cm³/mol. The van der Waals surface area contributed by atoms with Gasteiger partial charge in [-0.15, -0.1) is 0 Å². The van der Waals surface area contributed by atoms with Gasteiger partial charge in [0.05, 0.1) is 17.7 Å². The van der Waals surface area contributed by atoms with Crippen LogP contribution in [0.4, 0.5) is 0 Å². The lowest BCUT2D eigenvalue weighted by Gasteiger charge is -2.17. The normalized spacial score (nSPS) is 20.4. The van der Waals surface area contributed by atoms with Crippen LogP contribution >= 0.6 is 0 Å². The molecule has 1 saturated carbocycles. The maximum absolute atomic E-state index is 12.9. The highest BCUT2D eigenvalue weighted by Crippen LogP contribution is 2.39. The van der Waals surface area contributed by atoms with Gasteiger partial charge < -0.3 is 15.2 Å². The van der Waals surface area contributed by atoms with E-state index in [4.69, 9.17) is 4.52 Å². The van der Waals surface area contributed by atoms with Crippen LogP contribution in [0.3, 0.4) is 0 Å². The molecular weight excluding hydrogens is 408 g/mol. The lowest BCUT2D eigenvalue weighted by atomic mass is 10.0. The van der Waals surface area contributed by atoms with Crippen LogP contribution in [0.1, 0.15) is 55.8 Å². The summed E-state index contributed by atoms with van der Waals surface area (Å²) in [7, 11) is 0. The molecule has 0 aliphatic heterocycles. The SMILES string of the molecule is CCn1cc(C(=O)N[C@H]2C[C@H](C(=O)NC(C)C)C[C@H]2c2nc(-c3ccccc3)no2)cn1. The molecule has 1 aliphatic rings. The number of hydrogen-bond donors (Lipinski definition) is 2. The number of carbonyl (C=O) groups excluding carboxylic acids is 2. The van der Waals surface area contributed by atoms with E-state index in [0.717, 1.165) is 5.56 Å². The summed E-state index contributed by atoms with van der Waals surface area (Å²) < 4.78 is 7.29. The molecule has 2 N–H and O–H groups in total. The molecule has 3 aromatic rings. The van der Waals surface area contributed by atoms with Gasteiger partial charge in [-0.2, -0.15) is 10.1 Å². The Morgan fingerprint density at radius 1 is 1.22 bits per heavy atom. The third kappa shape index (κ3) is 4.71. The van der Waals surface area contributed by atoms with Gasteiger partial charge in [-0.25, -0.2) is 0 Å². The number of nitrogens with zero attached hydrogens (tertiary/aromatic N) is 4. The first-order valence-electron chi connectivity index (χ1n) is 11.0. The van der Waals surface area contributed by atoms with Gasteiger partial charge in [-0.1, -0.05) is 35.5 Å². The molecule has 9 nitrogen and oxygen atoms in total. The highest BCUT2D eigenvalue weighted by atomic mass is 16.5. The number of carbonyl (C=O) groups is 2. The van der Waals surface area contributed by atoms with Crippen molar-refractivity contribution >= 4 is 11.8 Å². The Morgan fingerprint density at radius 3 is 2.69 bits per heavy atom. The minimum Gasteiger partial charge on any atom is -0.354 e. The van der Waals surface area contributed by atoms with Crippen LogP contribution in [-0.2, 0) is 11.3 Å². The molecule has 0 spiro atoms. The number of benzene rings is 1. The van der Waals surface area contributed by atoms with E-state index in [-0.39, 0.29) is 35.7 Å². The van der Waals surface area contributed by atoms with Crippen molar-refractivity contribution in [1.82, 2.24) is 30.6 Å². The number of nitrogens with one attached hydrogen (secondary N) is 2. The van der Waals surface area contributed by atoms with Gasteiger partial charge in [0.15, 0.2) is 0 Å². The molecule has 0 radical (unpaired) electrons. The average Bonchev–Trinajstić information content (AvgIpc) is 3.53. The van der Waals surface area contributed by atoms with Crippen LogP contribution in [0.25, 0.3) is 11.4 Å². The molecule has 0 bridgehead atoms. The summed E-state index contributed by atoms with van der Waals surface area (Å²) in [5.41, 5.74) is 1.33. The van der Waals surface area contributed by atoms with Crippen LogP contribution in [0.5, 0.6) is 0 Å². The monoisotopic (exact) mass is 436 g/mol. The van der Waals surface area contributed by atoms with Crippen molar-refractivity contribution in [2.24, 2.45) is 5.92 Å². The Hall–Kier alpha value is -3.49. The van der Waals surface area contributed by atoms with E-state index < -0.39 is 0 Å². The molecule has 3 atom stereocenters. The van der Waals surface area contributed by atoms with Crippen molar-refractivity contribution in [3.05, 3.63) is 54.2 Å². The second kappa shape index (κ2) is 9.33. The van der Waals surface area contributed by atoms with E-state index in [2.05, 4.69) is 25.9 Å². The second-order valence-corrected chi connectivity index (χ2v) is 8.43. The van der Waals surface area contributed by atoms with E-state index in [9.17, 15) is 9.59 Å². The molecule has 2 aromatic heterocycles. The molecule has 2 amide bonds. The van der Waals surface area contributed by atoms with E-state index in [1.165, 1.54) is 0 Å². The number of aromatic nitrogens is 4. The van der Waals surface area contributed by atoms with Gasteiger partial charge in [0.25, 0.3) is 5.91 Å². The summed E-state index contributed by atoms with van der Waals surface area (Å²) in [4.78, 5) is 30.1. The molecule has 1 aromatic carbocycles. The Kier molecular flexibility index (Phi) is 6.34.